The molecule has 1 saturated heterocycles. The first-order valence-corrected chi connectivity index (χ1v) is 10.6. The highest BCUT2D eigenvalue weighted by atomic mass is 35.5. The lowest BCUT2D eigenvalue weighted by Crippen LogP contribution is -2.33. The molecule has 0 bridgehead atoms. The number of hydrogen-bond donors (Lipinski definition) is 1. The number of anilines is 1. The van der Waals surface area contributed by atoms with Crippen LogP contribution in [-0.2, 0) is 14.3 Å². The fourth-order valence-electron chi connectivity index (χ4n) is 3.06. The molecule has 1 aromatic rings. The minimum atomic E-state index is -0.566. The van der Waals surface area contributed by atoms with E-state index in [1.54, 1.807) is 18.2 Å². The van der Waals surface area contributed by atoms with E-state index in [9.17, 15) is 14.4 Å². The summed E-state index contributed by atoms with van der Waals surface area (Å²) in [5, 5.41) is 3.14. The highest BCUT2D eigenvalue weighted by Gasteiger charge is 2.33. The minimum Gasteiger partial charge on any atom is -0.456 e. The summed E-state index contributed by atoms with van der Waals surface area (Å²) in [6.07, 6.45) is 3.40. The van der Waals surface area contributed by atoms with Crippen molar-refractivity contribution in [2.45, 2.75) is 30.9 Å². The van der Waals surface area contributed by atoms with Gasteiger partial charge in [-0.15, -0.1) is 0 Å². The smallest absolute Gasteiger partial charge is 0.338 e. The Morgan fingerprint density at radius 1 is 1.31 bits per heavy atom. The molecule has 1 N–H and O–H groups in total. The summed E-state index contributed by atoms with van der Waals surface area (Å²) >= 11 is 6.94. The third-order valence-corrected chi connectivity index (χ3v) is 5.79. The quantitative estimate of drug-likeness (QED) is 0.689. The number of thioether (sulfide) groups is 1. The van der Waals surface area contributed by atoms with Crippen LogP contribution in [0.3, 0.4) is 0 Å². The van der Waals surface area contributed by atoms with Crippen molar-refractivity contribution in [3.05, 3.63) is 41.4 Å². The van der Waals surface area contributed by atoms with Crippen molar-refractivity contribution in [2.75, 3.05) is 25.0 Å². The maximum atomic E-state index is 12.4. The summed E-state index contributed by atoms with van der Waals surface area (Å²) in [7, 11) is 0. The van der Waals surface area contributed by atoms with Gasteiger partial charge in [-0.05, 0) is 37.5 Å². The molecule has 1 unspecified atom stereocenters. The zero-order valence-corrected chi connectivity index (χ0v) is 17.4. The molecule has 7 nitrogen and oxygen atoms in total. The maximum Gasteiger partial charge on any atom is 0.338 e. The highest BCUT2D eigenvalue weighted by Crippen LogP contribution is 2.29. The van der Waals surface area contributed by atoms with E-state index in [-0.39, 0.29) is 35.4 Å². The Hall–Kier alpha value is -2.32. The summed E-state index contributed by atoms with van der Waals surface area (Å²) in [5.74, 6) is -1.15. The molecule has 1 aromatic carbocycles. The summed E-state index contributed by atoms with van der Waals surface area (Å²) in [4.78, 5) is 42.8. The first-order chi connectivity index (χ1) is 13.9. The molecule has 2 heterocycles. The SMILES string of the molecule is C=C(Cl)COC(=O)c1cccc(NC(=O)CC2SC(N3CCCCC3)=NC2=O)c1. The first kappa shape index (κ1) is 21.4. The Morgan fingerprint density at radius 2 is 2.07 bits per heavy atom. The number of rotatable bonds is 6. The monoisotopic (exact) mass is 435 g/mol. The second-order valence-corrected chi connectivity index (χ2v) is 8.52. The number of aliphatic imine (C=N–C) groups is 1. The third-order valence-electron chi connectivity index (χ3n) is 4.47. The maximum absolute atomic E-state index is 12.4. The summed E-state index contributed by atoms with van der Waals surface area (Å²) in [6.45, 7) is 5.17. The van der Waals surface area contributed by atoms with Crippen molar-refractivity contribution in [3.8, 4) is 0 Å². The van der Waals surface area contributed by atoms with Crippen LogP contribution in [-0.4, -0.2) is 52.8 Å². The molecule has 2 aliphatic rings. The zero-order valence-electron chi connectivity index (χ0n) is 15.9. The average molecular weight is 436 g/mol. The van der Waals surface area contributed by atoms with E-state index in [1.807, 2.05) is 0 Å². The number of nitrogens with zero attached hydrogens (tertiary/aromatic N) is 2. The predicted octanol–water partition coefficient (Wildman–Crippen LogP) is 3.41. The van der Waals surface area contributed by atoms with Gasteiger partial charge in [-0.3, -0.25) is 9.59 Å². The Balaban J connectivity index is 1.53. The second-order valence-electron chi connectivity index (χ2n) is 6.81. The lowest BCUT2D eigenvalue weighted by Gasteiger charge is -2.27. The van der Waals surface area contributed by atoms with Gasteiger partial charge in [0.05, 0.1) is 5.56 Å². The van der Waals surface area contributed by atoms with E-state index in [2.05, 4.69) is 21.8 Å². The molecule has 0 aliphatic carbocycles. The van der Waals surface area contributed by atoms with E-state index in [4.69, 9.17) is 16.3 Å². The van der Waals surface area contributed by atoms with Crippen LogP contribution in [0.1, 0.15) is 36.0 Å². The number of likely N-dealkylation sites (tertiary alicyclic amines) is 1. The number of esters is 1. The van der Waals surface area contributed by atoms with Crippen molar-refractivity contribution >= 4 is 52.0 Å². The van der Waals surface area contributed by atoms with Crippen LogP contribution in [0.2, 0.25) is 0 Å². The standard InChI is InChI=1S/C20H22ClN3O4S/c1-13(21)12-28-19(27)14-6-5-7-15(10-14)22-17(25)11-16-18(26)23-20(29-16)24-8-3-2-4-9-24/h5-7,10,16H,1-4,8-9,11-12H2,(H,22,25). The van der Waals surface area contributed by atoms with E-state index < -0.39 is 11.2 Å². The molecule has 0 radical (unpaired) electrons. The Kier molecular flexibility index (Phi) is 7.33. The van der Waals surface area contributed by atoms with Gasteiger partial charge in [0.2, 0.25) is 5.91 Å². The number of carbonyl (C=O) groups excluding carboxylic acids is 3. The fraction of sp³-hybridized carbons (Fsp3) is 0.400. The summed E-state index contributed by atoms with van der Waals surface area (Å²) in [6, 6.07) is 6.38. The van der Waals surface area contributed by atoms with Crippen LogP contribution in [0.25, 0.3) is 0 Å². The van der Waals surface area contributed by atoms with Crippen molar-refractivity contribution in [3.63, 3.8) is 0 Å². The molecule has 0 spiro atoms. The van der Waals surface area contributed by atoms with Crippen LogP contribution in [0.4, 0.5) is 5.69 Å². The molecular weight excluding hydrogens is 414 g/mol. The van der Waals surface area contributed by atoms with Crippen molar-refractivity contribution < 1.29 is 19.1 Å². The number of nitrogens with one attached hydrogen (secondary N) is 1. The number of amidine groups is 1. The lowest BCUT2D eigenvalue weighted by atomic mass is 10.1. The fourth-order valence-corrected chi connectivity index (χ4v) is 4.23. The third kappa shape index (κ3) is 6.08. The van der Waals surface area contributed by atoms with Crippen molar-refractivity contribution in [1.29, 1.82) is 0 Å². The molecule has 2 amide bonds. The predicted molar refractivity (Wildman–Crippen MR) is 114 cm³/mol. The normalized spacial score (nSPS) is 18.9. The molecule has 29 heavy (non-hydrogen) atoms. The Morgan fingerprint density at radius 3 is 2.79 bits per heavy atom. The van der Waals surface area contributed by atoms with Gasteiger partial charge in [0.1, 0.15) is 11.9 Å². The molecule has 1 fully saturated rings. The van der Waals surface area contributed by atoms with Crippen LogP contribution in [0.15, 0.2) is 40.9 Å². The largest absolute Gasteiger partial charge is 0.456 e. The molecule has 0 saturated carbocycles. The number of piperidine rings is 1. The van der Waals surface area contributed by atoms with Gasteiger partial charge in [-0.2, -0.15) is 4.99 Å². The average Bonchev–Trinajstić information content (AvgIpc) is 3.07. The molecule has 0 aromatic heterocycles. The van der Waals surface area contributed by atoms with Gasteiger partial charge in [0.15, 0.2) is 5.17 Å². The summed E-state index contributed by atoms with van der Waals surface area (Å²) < 4.78 is 4.99. The Bertz CT molecular complexity index is 852. The number of amides is 2. The van der Waals surface area contributed by atoms with E-state index in [1.165, 1.54) is 24.2 Å². The number of halogens is 1. The number of benzene rings is 1. The number of carbonyl (C=O) groups is 3. The van der Waals surface area contributed by atoms with E-state index >= 15 is 0 Å². The van der Waals surface area contributed by atoms with E-state index in [0.717, 1.165) is 31.1 Å². The Labute approximate surface area is 178 Å². The van der Waals surface area contributed by atoms with Gasteiger partial charge < -0.3 is 15.0 Å². The number of ether oxygens (including phenoxy) is 1. The summed E-state index contributed by atoms with van der Waals surface area (Å²) in [5.41, 5.74) is 0.726. The first-order valence-electron chi connectivity index (χ1n) is 9.37. The van der Waals surface area contributed by atoms with Gasteiger partial charge in [0, 0.05) is 30.2 Å². The van der Waals surface area contributed by atoms with Crippen LogP contribution >= 0.6 is 23.4 Å². The molecule has 2 aliphatic heterocycles. The highest BCUT2D eigenvalue weighted by molar-refractivity contribution is 8.15. The van der Waals surface area contributed by atoms with Gasteiger partial charge >= 0.3 is 5.97 Å². The van der Waals surface area contributed by atoms with Crippen molar-refractivity contribution in [1.82, 2.24) is 4.90 Å². The molecular formula is C20H22ClN3O4S. The lowest BCUT2D eigenvalue weighted by molar-refractivity contribution is -0.121. The van der Waals surface area contributed by atoms with Crippen LogP contribution in [0.5, 0.6) is 0 Å². The van der Waals surface area contributed by atoms with Crippen LogP contribution < -0.4 is 5.32 Å². The topological polar surface area (TPSA) is 88.1 Å². The van der Waals surface area contributed by atoms with Gasteiger partial charge in [-0.1, -0.05) is 36.0 Å². The molecule has 154 valence electrons. The zero-order chi connectivity index (χ0) is 20.8. The van der Waals surface area contributed by atoms with Gasteiger partial charge in [-0.25, -0.2) is 4.79 Å². The second kappa shape index (κ2) is 9.93. The van der Waals surface area contributed by atoms with Crippen LogP contribution in [0, 0.1) is 0 Å². The molecule has 3 rings (SSSR count). The molecule has 1 atom stereocenters. The van der Waals surface area contributed by atoms with Gasteiger partial charge in [0.25, 0.3) is 5.91 Å². The van der Waals surface area contributed by atoms with E-state index in [0.29, 0.717) is 5.69 Å². The molecule has 9 heteroatoms. The minimum absolute atomic E-state index is 0.0189. The number of hydrogen-bond acceptors (Lipinski definition) is 6. The van der Waals surface area contributed by atoms with Crippen molar-refractivity contribution in [2.24, 2.45) is 4.99 Å².